The molecule has 1 aliphatic rings. The van der Waals surface area contributed by atoms with Crippen molar-refractivity contribution in [1.29, 1.82) is 0 Å². The van der Waals surface area contributed by atoms with Crippen LogP contribution in [0.1, 0.15) is 46.9 Å². The fraction of sp³-hybridized carbons (Fsp3) is 0.286. The first kappa shape index (κ1) is 21.4. The highest BCUT2D eigenvalue weighted by Crippen LogP contribution is 2.44. The Morgan fingerprint density at radius 1 is 1.27 bits per heavy atom. The maximum absolute atomic E-state index is 13.2. The first-order valence-corrected chi connectivity index (χ1v) is 9.59. The van der Waals surface area contributed by atoms with Gasteiger partial charge in [-0.1, -0.05) is 23.7 Å². The third-order valence-electron chi connectivity index (χ3n) is 4.86. The van der Waals surface area contributed by atoms with Crippen molar-refractivity contribution in [1.82, 2.24) is 4.90 Å². The van der Waals surface area contributed by atoms with Crippen LogP contribution < -0.4 is 20.9 Å². The van der Waals surface area contributed by atoms with E-state index in [1.165, 1.54) is 24.1 Å². The SMILES string of the molecule is CCOc1cc(C(CC(N)=O)N2C(=O)c3[c]ccc(Cl)c3C2C(N)=O)ccc1OC. The summed E-state index contributed by atoms with van der Waals surface area (Å²) in [6, 6.07) is 8.76. The van der Waals surface area contributed by atoms with Crippen LogP contribution in [0.5, 0.6) is 11.5 Å². The monoisotopic (exact) mass is 430 g/mol. The van der Waals surface area contributed by atoms with Gasteiger partial charge in [0, 0.05) is 10.6 Å². The van der Waals surface area contributed by atoms with Crippen molar-refractivity contribution in [3.05, 3.63) is 58.1 Å². The van der Waals surface area contributed by atoms with Crippen molar-refractivity contribution in [2.75, 3.05) is 13.7 Å². The largest absolute Gasteiger partial charge is 0.493 e. The molecule has 9 heteroatoms. The molecule has 3 amide bonds. The highest BCUT2D eigenvalue weighted by molar-refractivity contribution is 6.32. The first-order chi connectivity index (χ1) is 14.3. The van der Waals surface area contributed by atoms with Crippen molar-refractivity contribution in [3.63, 3.8) is 0 Å². The lowest BCUT2D eigenvalue weighted by Crippen LogP contribution is -2.40. The van der Waals surface area contributed by atoms with E-state index in [0.29, 0.717) is 23.7 Å². The average molecular weight is 431 g/mol. The van der Waals surface area contributed by atoms with Crippen LogP contribution in [-0.2, 0) is 9.59 Å². The smallest absolute Gasteiger partial charge is 0.256 e. The predicted octanol–water partition coefficient (Wildman–Crippen LogP) is 2.15. The third-order valence-corrected chi connectivity index (χ3v) is 5.19. The van der Waals surface area contributed by atoms with Gasteiger partial charge in [-0.15, -0.1) is 0 Å². The van der Waals surface area contributed by atoms with Gasteiger partial charge in [0.05, 0.1) is 31.7 Å². The molecule has 157 valence electrons. The summed E-state index contributed by atoms with van der Waals surface area (Å²) in [5.41, 5.74) is 12.0. The van der Waals surface area contributed by atoms with Crippen LogP contribution in [0.3, 0.4) is 0 Å². The number of hydrogen-bond donors (Lipinski definition) is 2. The number of benzene rings is 2. The molecule has 0 saturated carbocycles. The molecule has 3 rings (SSSR count). The summed E-state index contributed by atoms with van der Waals surface area (Å²) < 4.78 is 10.9. The van der Waals surface area contributed by atoms with Crippen LogP contribution in [-0.4, -0.2) is 36.3 Å². The van der Waals surface area contributed by atoms with Gasteiger partial charge in [-0.05, 0) is 36.8 Å². The third kappa shape index (κ3) is 3.78. The van der Waals surface area contributed by atoms with Gasteiger partial charge in [-0.3, -0.25) is 14.4 Å². The molecule has 1 aliphatic heterocycles. The number of carbonyl (C=O) groups is 3. The molecule has 0 fully saturated rings. The Balaban J connectivity index is 2.16. The highest BCUT2D eigenvalue weighted by Gasteiger charge is 2.46. The van der Waals surface area contributed by atoms with E-state index in [2.05, 4.69) is 6.07 Å². The van der Waals surface area contributed by atoms with E-state index in [1.54, 1.807) is 18.2 Å². The number of rotatable bonds is 8. The fourth-order valence-corrected chi connectivity index (χ4v) is 3.91. The number of halogens is 1. The van der Waals surface area contributed by atoms with Crippen LogP contribution >= 0.6 is 11.6 Å². The van der Waals surface area contributed by atoms with Crippen LogP contribution in [0, 0.1) is 6.07 Å². The Hall–Kier alpha value is -3.26. The van der Waals surface area contributed by atoms with Crippen LogP contribution in [0.4, 0.5) is 0 Å². The summed E-state index contributed by atoms with van der Waals surface area (Å²) >= 11 is 6.27. The number of nitrogens with two attached hydrogens (primary N) is 2. The minimum atomic E-state index is -1.17. The normalized spacial score (nSPS) is 16.2. The zero-order valence-electron chi connectivity index (χ0n) is 16.5. The van der Waals surface area contributed by atoms with Gasteiger partial charge >= 0.3 is 0 Å². The zero-order chi connectivity index (χ0) is 22.0. The average Bonchev–Trinajstić information content (AvgIpc) is 3.00. The quantitative estimate of drug-likeness (QED) is 0.663. The number of nitrogens with zero attached hydrogens (tertiary/aromatic N) is 1. The van der Waals surface area contributed by atoms with Crippen molar-refractivity contribution >= 4 is 29.3 Å². The Morgan fingerprint density at radius 3 is 2.60 bits per heavy atom. The zero-order valence-corrected chi connectivity index (χ0v) is 17.2. The van der Waals surface area contributed by atoms with E-state index in [1.807, 2.05) is 6.92 Å². The molecule has 0 bridgehead atoms. The molecule has 2 unspecified atom stereocenters. The second kappa shape index (κ2) is 8.62. The van der Waals surface area contributed by atoms with E-state index in [-0.39, 0.29) is 22.6 Å². The Morgan fingerprint density at radius 2 is 2.00 bits per heavy atom. The molecule has 30 heavy (non-hydrogen) atoms. The minimum Gasteiger partial charge on any atom is -0.493 e. The van der Waals surface area contributed by atoms with Crippen LogP contribution in [0.25, 0.3) is 0 Å². The van der Waals surface area contributed by atoms with Gasteiger partial charge in [-0.25, -0.2) is 0 Å². The summed E-state index contributed by atoms with van der Waals surface area (Å²) in [5.74, 6) is -1.04. The number of amides is 3. The maximum Gasteiger partial charge on any atom is 0.256 e. The number of methoxy groups -OCH3 is 1. The number of carbonyl (C=O) groups excluding carboxylic acids is 3. The highest BCUT2D eigenvalue weighted by atomic mass is 35.5. The summed E-state index contributed by atoms with van der Waals surface area (Å²) in [6.07, 6.45) is -0.237. The molecule has 0 spiro atoms. The van der Waals surface area contributed by atoms with Crippen molar-refractivity contribution < 1.29 is 23.9 Å². The summed E-state index contributed by atoms with van der Waals surface area (Å²) in [6.45, 7) is 2.19. The van der Waals surface area contributed by atoms with Gasteiger partial charge in [0.15, 0.2) is 11.5 Å². The molecule has 0 aliphatic carbocycles. The molecule has 2 atom stereocenters. The number of ether oxygens (including phenoxy) is 2. The van der Waals surface area contributed by atoms with Gasteiger partial charge in [-0.2, -0.15) is 0 Å². The van der Waals surface area contributed by atoms with E-state index >= 15 is 0 Å². The van der Waals surface area contributed by atoms with Gasteiger partial charge in [0.25, 0.3) is 5.91 Å². The van der Waals surface area contributed by atoms with Gasteiger partial charge in [0.1, 0.15) is 6.04 Å². The molecule has 8 nitrogen and oxygen atoms in total. The molecule has 0 saturated heterocycles. The van der Waals surface area contributed by atoms with E-state index in [9.17, 15) is 14.4 Å². The molecular formula is C21H21ClN3O5. The lowest BCUT2D eigenvalue weighted by molar-refractivity contribution is -0.125. The van der Waals surface area contributed by atoms with Crippen molar-refractivity contribution in [2.45, 2.75) is 25.4 Å². The molecule has 1 radical (unpaired) electrons. The summed E-state index contributed by atoms with van der Waals surface area (Å²) in [4.78, 5) is 38.7. The lowest BCUT2D eigenvalue weighted by atomic mass is 9.98. The number of fused-ring (bicyclic) bond motifs is 1. The topological polar surface area (TPSA) is 125 Å². The summed E-state index contributed by atoms with van der Waals surface area (Å²) in [7, 11) is 1.50. The summed E-state index contributed by atoms with van der Waals surface area (Å²) in [5, 5.41) is 0.214. The van der Waals surface area contributed by atoms with Gasteiger partial charge < -0.3 is 25.8 Å². The second-order valence-corrected chi connectivity index (χ2v) is 7.07. The Bertz CT molecular complexity index is 1010. The number of hydrogen-bond acceptors (Lipinski definition) is 5. The maximum atomic E-state index is 13.2. The molecule has 2 aromatic rings. The minimum absolute atomic E-state index is 0.138. The molecule has 1 heterocycles. The number of primary amides is 2. The van der Waals surface area contributed by atoms with E-state index < -0.39 is 29.8 Å². The second-order valence-electron chi connectivity index (χ2n) is 6.66. The Labute approximate surface area is 178 Å². The van der Waals surface area contributed by atoms with E-state index in [4.69, 9.17) is 32.5 Å². The van der Waals surface area contributed by atoms with Crippen LogP contribution in [0.2, 0.25) is 5.02 Å². The van der Waals surface area contributed by atoms with Crippen molar-refractivity contribution in [2.24, 2.45) is 11.5 Å². The fourth-order valence-electron chi connectivity index (χ4n) is 3.65. The van der Waals surface area contributed by atoms with Crippen LogP contribution in [0.15, 0.2) is 30.3 Å². The predicted molar refractivity (Wildman–Crippen MR) is 109 cm³/mol. The standard InChI is InChI=1S/C21H21ClN3O5/c1-3-30-16-9-11(7-8-15(16)29-2)14(10-17(23)26)25-19(20(24)27)18-12(21(25)28)5-4-6-13(18)22/h4,6-9,14,19H,3,10H2,1-2H3,(H2,23,26)(H2,24,27). The van der Waals surface area contributed by atoms with Crippen molar-refractivity contribution in [3.8, 4) is 11.5 Å². The lowest BCUT2D eigenvalue weighted by Gasteiger charge is -2.32. The molecule has 0 aromatic heterocycles. The molecule has 4 N–H and O–H groups in total. The van der Waals surface area contributed by atoms with Gasteiger partial charge in [0.2, 0.25) is 11.8 Å². The molecule has 2 aromatic carbocycles. The molecular weight excluding hydrogens is 410 g/mol. The van der Waals surface area contributed by atoms with E-state index in [0.717, 1.165) is 0 Å². The first-order valence-electron chi connectivity index (χ1n) is 9.21. The Kier molecular flexibility index (Phi) is 6.17.